The third-order valence-corrected chi connectivity index (χ3v) is 8.00. The summed E-state index contributed by atoms with van der Waals surface area (Å²) in [7, 11) is -4.97. The van der Waals surface area contributed by atoms with Gasteiger partial charge in [-0.3, -0.25) is 9.59 Å². The van der Waals surface area contributed by atoms with Crippen LogP contribution in [0.25, 0.3) is 10.8 Å². The van der Waals surface area contributed by atoms with Gasteiger partial charge in [-0.1, -0.05) is 0 Å². The van der Waals surface area contributed by atoms with Crippen LogP contribution in [0, 0.1) is 6.07 Å². The van der Waals surface area contributed by atoms with Crippen molar-refractivity contribution >= 4 is 38.3 Å². The molecular weight excluding hydrogens is 516 g/mol. The third kappa shape index (κ3) is 4.39. The second kappa shape index (κ2) is 9.81. The van der Waals surface area contributed by atoms with Gasteiger partial charge in [0.25, 0.3) is 0 Å². The quantitative estimate of drug-likeness (QED) is 0.252. The van der Waals surface area contributed by atoms with E-state index >= 15 is 0 Å². The molecule has 0 fully saturated rings. The van der Waals surface area contributed by atoms with Crippen LogP contribution in [0.15, 0.2) is 76.1 Å². The summed E-state index contributed by atoms with van der Waals surface area (Å²) in [5.41, 5.74) is 2.71. The van der Waals surface area contributed by atoms with Gasteiger partial charge in [0.2, 0.25) is 0 Å². The Balaban J connectivity index is 0.00000160. The minimum Gasteiger partial charge on any atom is -0.744 e. The summed E-state index contributed by atoms with van der Waals surface area (Å²) in [5.74, 6) is -1.66. The number of ketones is 1. The molecule has 0 spiro atoms. The number of ether oxygens (including phenoxy) is 1. The van der Waals surface area contributed by atoms with Crippen LogP contribution in [0.5, 0.6) is 0 Å². The zero-order chi connectivity index (χ0) is 24.7. The summed E-state index contributed by atoms with van der Waals surface area (Å²) in [6.45, 7) is 2.48. The van der Waals surface area contributed by atoms with E-state index in [2.05, 4.69) is 11.0 Å². The van der Waals surface area contributed by atoms with Gasteiger partial charge in [-0.2, -0.15) is 24.3 Å². The molecule has 0 saturated heterocycles. The van der Waals surface area contributed by atoms with E-state index in [-0.39, 0.29) is 71.3 Å². The third-order valence-electron chi connectivity index (χ3n) is 7.14. The molecule has 1 N–H and O–H groups in total. The Labute approximate surface area is 258 Å². The number of carbonyl (C=O) groups is 2. The number of aliphatic carboxylic acids is 1. The van der Waals surface area contributed by atoms with Gasteiger partial charge >= 0.3 is 65.1 Å². The van der Waals surface area contributed by atoms with Crippen LogP contribution in [0.2, 0.25) is 0 Å². The molecule has 1 aliphatic carbocycles. The standard InChI is InChI=1S/C26H20NO7S.2Na/c1-26(13-23(29)30)24-16-5-3-2-4-14(16)6-7-18(24)27-9-8-20-17(25(26)27)10-15-11-22(35(31,32)33)19(28)12-21(15)34-20;;/h3-7,10-12,20H,8-9,13H2,1H3,(H,29,30)(H,31,32,33);;/q-1;2*+1/p-1. The van der Waals surface area contributed by atoms with Crippen LogP contribution in [0.1, 0.15) is 25.3 Å². The van der Waals surface area contributed by atoms with Crippen LogP contribution >= 0.6 is 0 Å². The van der Waals surface area contributed by atoms with Crippen LogP contribution in [0.3, 0.4) is 0 Å². The largest absolute Gasteiger partial charge is 1.00 e. The Kier molecular flexibility index (Phi) is 7.51. The number of benzene rings is 2. The van der Waals surface area contributed by atoms with Crippen molar-refractivity contribution < 1.29 is 91.5 Å². The molecule has 6 rings (SSSR count). The van der Waals surface area contributed by atoms with E-state index in [1.807, 2.05) is 31.2 Å². The first-order chi connectivity index (χ1) is 16.6. The van der Waals surface area contributed by atoms with Crippen molar-refractivity contribution in [3.8, 4) is 0 Å². The number of carboxylic acids is 1. The fourth-order valence-electron chi connectivity index (χ4n) is 5.85. The molecule has 2 aromatic rings. The number of allylic oxidation sites excluding steroid dienone is 4. The van der Waals surface area contributed by atoms with E-state index < -0.39 is 38.3 Å². The van der Waals surface area contributed by atoms with E-state index in [1.165, 1.54) is 0 Å². The molecule has 0 saturated carbocycles. The van der Waals surface area contributed by atoms with E-state index in [0.29, 0.717) is 24.1 Å². The van der Waals surface area contributed by atoms with Crippen LogP contribution in [0.4, 0.5) is 5.69 Å². The van der Waals surface area contributed by atoms with Crippen molar-refractivity contribution in [3.63, 3.8) is 0 Å². The smallest absolute Gasteiger partial charge is 0.744 e. The molecule has 2 atom stereocenters. The van der Waals surface area contributed by atoms with E-state index in [9.17, 15) is 27.7 Å². The van der Waals surface area contributed by atoms with Gasteiger partial charge in [0.05, 0.1) is 6.42 Å². The molecule has 0 radical (unpaired) electrons. The van der Waals surface area contributed by atoms with Crippen molar-refractivity contribution in [2.75, 3.05) is 11.4 Å². The summed E-state index contributed by atoms with van der Waals surface area (Å²) < 4.78 is 40.9. The molecule has 37 heavy (non-hydrogen) atoms. The summed E-state index contributed by atoms with van der Waals surface area (Å²) in [5, 5.41) is 11.8. The van der Waals surface area contributed by atoms with Crippen LogP contribution < -0.4 is 64.0 Å². The number of hydrogen-bond donors (Lipinski definition) is 1. The molecule has 4 aliphatic rings. The molecule has 2 unspecified atom stereocenters. The van der Waals surface area contributed by atoms with Gasteiger partial charge < -0.3 is 19.3 Å². The maximum atomic E-state index is 12.2. The van der Waals surface area contributed by atoms with Gasteiger partial charge in [-0.05, 0) is 30.7 Å². The number of fused-ring (bicyclic) bond motifs is 7. The number of hydrogen-bond acceptors (Lipinski definition) is 7. The zero-order valence-electron chi connectivity index (χ0n) is 20.6. The van der Waals surface area contributed by atoms with Crippen LogP contribution in [-0.2, 0) is 29.9 Å². The molecule has 3 aliphatic heterocycles. The average molecular weight is 535 g/mol. The molecular formula is C26H19NNa2O7S. The maximum Gasteiger partial charge on any atom is 1.00 e. The van der Waals surface area contributed by atoms with Crippen molar-refractivity contribution in [2.45, 2.75) is 31.3 Å². The topological polar surface area (TPSA) is 124 Å². The second-order valence-corrected chi connectivity index (χ2v) is 10.6. The van der Waals surface area contributed by atoms with E-state index in [1.54, 1.807) is 12.1 Å². The fraction of sp³-hybridized carbons (Fsp3) is 0.231. The first-order valence-corrected chi connectivity index (χ1v) is 12.5. The Hall–Kier alpha value is -1.69. The maximum absolute atomic E-state index is 12.2. The zero-order valence-corrected chi connectivity index (χ0v) is 25.4. The normalized spacial score (nSPS) is 23.7. The molecule has 8 nitrogen and oxygen atoms in total. The minimum absolute atomic E-state index is 0. The summed E-state index contributed by atoms with van der Waals surface area (Å²) in [6, 6.07) is 12.7. The molecule has 2 aromatic carbocycles. The fourth-order valence-corrected chi connectivity index (χ4v) is 6.42. The minimum atomic E-state index is -4.97. The van der Waals surface area contributed by atoms with Crippen molar-refractivity contribution in [2.24, 2.45) is 0 Å². The number of carboxylic acid groups (broad SMARTS) is 1. The Bertz CT molecular complexity index is 1610. The van der Waals surface area contributed by atoms with Crippen molar-refractivity contribution in [3.05, 3.63) is 87.7 Å². The van der Waals surface area contributed by atoms with E-state index in [0.717, 1.165) is 39.9 Å². The molecule has 178 valence electrons. The van der Waals surface area contributed by atoms with Gasteiger partial charge in [0.1, 0.15) is 26.9 Å². The summed E-state index contributed by atoms with van der Waals surface area (Å²) in [6.07, 6.45) is 3.78. The summed E-state index contributed by atoms with van der Waals surface area (Å²) >= 11 is 0. The number of nitrogens with zero attached hydrogens (tertiary/aromatic N) is 1. The predicted octanol–water partition coefficient (Wildman–Crippen LogP) is -2.92. The average Bonchev–Trinajstić information content (AvgIpc) is 3.04. The van der Waals surface area contributed by atoms with Crippen LogP contribution in [-0.4, -0.2) is 42.5 Å². The SMILES string of the molecule is CC1(CC(=O)O)C2=C3C=C4C=C(S(=O)(=O)[O-])C(=O)C=C4OC3CCN2c2ccc3c[c-]ccc3c21.[Na+].[Na+]. The molecule has 3 heterocycles. The number of carbonyl (C=O) groups excluding carboxylic acids is 1. The van der Waals surface area contributed by atoms with Gasteiger partial charge in [0.15, 0.2) is 5.78 Å². The molecule has 0 amide bonds. The number of anilines is 1. The molecule has 0 aromatic heterocycles. The monoisotopic (exact) mass is 535 g/mol. The molecule has 11 heteroatoms. The van der Waals surface area contributed by atoms with Crippen molar-refractivity contribution in [1.29, 1.82) is 0 Å². The molecule has 0 bridgehead atoms. The van der Waals surface area contributed by atoms with Gasteiger partial charge in [-0.25, -0.2) is 8.42 Å². The Morgan fingerprint density at radius 3 is 2.70 bits per heavy atom. The first-order valence-electron chi connectivity index (χ1n) is 11.1. The predicted molar refractivity (Wildman–Crippen MR) is 125 cm³/mol. The van der Waals surface area contributed by atoms with Crippen molar-refractivity contribution in [1.82, 2.24) is 0 Å². The van der Waals surface area contributed by atoms with Gasteiger partial charge in [-0.15, -0.1) is 16.8 Å². The summed E-state index contributed by atoms with van der Waals surface area (Å²) in [4.78, 5) is 25.6. The van der Waals surface area contributed by atoms with E-state index in [4.69, 9.17) is 4.74 Å². The first kappa shape index (κ1) is 28.3. The van der Waals surface area contributed by atoms with Gasteiger partial charge in [0, 0.05) is 47.0 Å². The second-order valence-electron chi connectivity index (χ2n) is 9.30. The Morgan fingerprint density at radius 1 is 1.24 bits per heavy atom. The Morgan fingerprint density at radius 2 is 2.00 bits per heavy atom. The number of rotatable bonds is 3.